The zero-order valence-electron chi connectivity index (χ0n) is 11.4. The van der Waals surface area contributed by atoms with Crippen LogP contribution < -0.4 is 0 Å². The van der Waals surface area contributed by atoms with Crippen molar-refractivity contribution >= 4 is 5.97 Å². The van der Waals surface area contributed by atoms with E-state index in [1.165, 1.54) is 0 Å². The highest BCUT2D eigenvalue weighted by Crippen LogP contribution is 2.39. The first kappa shape index (κ1) is 14.2. The molecule has 3 nitrogen and oxygen atoms in total. The minimum Gasteiger partial charge on any atom is -0.453 e. The molecule has 2 unspecified atom stereocenters. The van der Waals surface area contributed by atoms with Crippen molar-refractivity contribution in [1.29, 1.82) is 0 Å². The Morgan fingerprint density at radius 2 is 2.06 bits per heavy atom. The van der Waals surface area contributed by atoms with Gasteiger partial charge in [-0.25, -0.2) is 4.79 Å². The third kappa shape index (κ3) is 2.89. The zero-order valence-corrected chi connectivity index (χ0v) is 11.4. The van der Waals surface area contributed by atoms with Gasteiger partial charge in [-0.05, 0) is 32.1 Å². The van der Waals surface area contributed by atoms with E-state index in [0.717, 1.165) is 25.7 Å². The minimum atomic E-state index is -0.483. The first-order chi connectivity index (χ1) is 7.94. The molecule has 0 aromatic rings. The predicted octanol–water partition coefficient (Wildman–Crippen LogP) is 3.09. The fourth-order valence-electron chi connectivity index (χ4n) is 2.61. The molecule has 1 aliphatic rings. The van der Waals surface area contributed by atoms with Crippen LogP contribution in [-0.2, 0) is 14.3 Å². The molecule has 1 rings (SSSR count). The molecule has 0 N–H and O–H groups in total. The number of methoxy groups -OCH3 is 1. The molecule has 2 atom stereocenters. The molecule has 0 amide bonds. The van der Waals surface area contributed by atoms with E-state index in [-0.39, 0.29) is 18.0 Å². The van der Waals surface area contributed by atoms with E-state index in [0.29, 0.717) is 5.57 Å². The van der Waals surface area contributed by atoms with Crippen molar-refractivity contribution in [2.75, 3.05) is 7.11 Å². The van der Waals surface area contributed by atoms with Gasteiger partial charge < -0.3 is 9.47 Å². The van der Waals surface area contributed by atoms with Gasteiger partial charge >= 0.3 is 5.97 Å². The van der Waals surface area contributed by atoms with Gasteiger partial charge in [-0.1, -0.05) is 26.8 Å². The second-order valence-electron chi connectivity index (χ2n) is 5.25. The van der Waals surface area contributed by atoms with Gasteiger partial charge in [0.05, 0.1) is 6.10 Å². The Balaban J connectivity index is 2.94. The van der Waals surface area contributed by atoms with Crippen molar-refractivity contribution in [2.45, 2.75) is 58.2 Å². The SMILES string of the molecule is C=C(C)C(=O)OC1(C(C)C)CCCCC1OC. The van der Waals surface area contributed by atoms with Crippen LogP contribution in [0.5, 0.6) is 0 Å². The summed E-state index contributed by atoms with van der Waals surface area (Å²) >= 11 is 0. The zero-order chi connectivity index (χ0) is 13.1. The average Bonchev–Trinajstić information content (AvgIpc) is 2.29. The molecular formula is C14H24O3. The van der Waals surface area contributed by atoms with Crippen LogP contribution in [0.4, 0.5) is 0 Å². The van der Waals surface area contributed by atoms with Crippen molar-refractivity contribution in [3.63, 3.8) is 0 Å². The molecule has 0 radical (unpaired) electrons. The summed E-state index contributed by atoms with van der Waals surface area (Å²) in [5.74, 6) is -0.0568. The molecule has 1 fully saturated rings. The summed E-state index contributed by atoms with van der Waals surface area (Å²) in [4.78, 5) is 11.8. The van der Waals surface area contributed by atoms with Crippen LogP contribution in [0.3, 0.4) is 0 Å². The maximum absolute atomic E-state index is 11.8. The lowest BCUT2D eigenvalue weighted by molar-refractivity contribution is -0.191. The van der Waals surface area contributed by atoms with Crippen molar-refractivity contribution in [1.82, 2.24) is 0 Å². The number of hydrogen-bond donors (Lipinski definition) is 0. The summed E-state index contributed by atoms with van der Waals surface area (Å²) in [6.45, 7) is 9.50. The fourth-order valence-corrected chi connectivity index (χ4v) is 2.61. The molecule has 1 aliphatic carbocycles. The van der Waals surface area contributed by atoms with E-state index in [1.807, 2.05) is 0 Å². The molecule has 0 aromatic carbocycles. The number of carbonyl (C=O) groups excluding carboxylic acids is 1. The van der Waals surface area contributed by atoms with Crippen LogP contribution >= 0.6 is 0 Å². The van der Waals surface area contributed by atoms with Crippen molar-refractivity contribution < 1.29 is 14.3 Å². The van der Waals surface area contributed by atoms with Crippen LogP contribution in [-0.4, -0.2) is 24.8 Å². The second-order valence-corrected chi connectivity index (χ2v) is 5.25. The van der Waals surface area contributed by atoms with Gasteiger partial charge in [0.25, 0.3) is 0 Å². The lowest BCUT2D eigenvalue weighted by Gasteiger charge is -2.45. The van der Waals surface area contributed by atoms with Gasteiger partial charge in [0.15, 0.2) is 0 Å². The quantitative estimate of drug-likeness (QED) is 0.559. The van der Waals surface area contributed by atoms with E-state index >= 15 is 0 Å². The third-order valence-electron chi connectivity index (χ3n) is 3.72. The van der Waals surface area contributed by atoms with Crippen LogP contribution in [0.2, 0.25) is 0 Å². The monoisotopic (exact) mass is 240 g/mol. The molecule has 0 aromatic heterocycles. The Morgan fingerprint density at radius 1 is 1.41 bits per heavy atom. The Labute approximate surface area is 104 Å². The summed E-state index contributed by atoms with van der Waals surface area (Å²) in [6.07, 6.45) is 4.05. The Morgan fingerprint density at radius 3 is 2.53 bits per heavy atom. The molecule has 3 heteroatoms. The van der Waals surface area contributed by atoms with E-state index in [4.69, 9.17) is 9.47 Å². The Bertz CT molecular complexity index is 296. The lowest BCUT2D eigenvalue weighted by atomic mass is 9.74. The average molecular weight is 240 g/mol. The smallest absolute Gasteiger partial charge is 0.333 e. The second kappa shape index (κ2) is 5.67. The van der Waals surface area contributed by atoms with Gasteiger partial charge in [0.2, 0.25) is 0 Å². The van der Waals surface area contributed by atoms with Gasteiger partial charge in [-0.15, -0.1) is 0 Å². The topological polar surface area (TPSA) is 35.5 Å². The maximum Gasteiger partial charge on any atom is 0.333 e. The molecule has 0 bridgehead atoms. The summed E-state index contributed by atoms with van der Waals surface area (Å²) < 4.78 is 11.3. The highest BCUT2D eigenvalue weighted by atomic mass is 16.6. The molecule has 0 heterocycles. The Kier molecular flexibility index (Phi) is 4.75. The first-order valence-electron chi connectivity index (χ1n) is 6.35. The molecule has 17 heavy (non-hydrogen) atoms. The minimum absolute atomic E-state index is 0.000417. The van der Waals surface area contributed by atoms with Gasteiger partial charge in [0, 0.05) is 12.7 Å². The van der Waals surface area contributed by atoms with Crippen LogP contribution in [0.25, 0.3) is 0 Å². The predicted molar refractivity (Wildman–Crippen MR) is 67.7 cm³/mol. The largest absolute Gasteiger partial charge is 0.453 e. The third-order valence-corrected chi connectivity index (χ3v) is 3.72. The normalized spacial score (nSPS) is 29.1. The van der Waals surface area contributed by atoms with E-state index in [9.17, 15) is 4.79 Å². The number of carbonyl (C=O) groups is 1. The number of esters is 1. The molecular weight excluding hydrogens is 216 g/mol. The van der Waals surface area contributed by atoms with Gasteiger partial charge in [-0.3, -0.25) is 0 Å². The molecule has 0 saturated heterocycles. The number of rotatable bonds is 4. The van der Waals surface area contributed by atoms with Crippen LogP contribution in [0, 0.1) is 5.92 Å². The Hall–Kier alpha value is -0.830. The van der Waals surface area contributed by atoms with Crippen molar-refractivity contribution in [3.8, 4) is 0 Å². The summed E-state index contributed by atoms with van der Waals surface area (Å²) in [7, 11) is 1.70. The van der Waals surface area contributed by atoms with Crippen molar-refractivity contribution in [2.24, 2.45) is 5.92 Å². The molecule has 1 saturated carbocycles. The van der Waals surface area contributed by atoms with Crippen LogP contribution in [0.1, 0.15) is 46.5 Å². The fraction of sp³-hybridized carbons (Fsp3) is 0.786. The summed E-state index contributed by atoms with van der Waals surface area (Å²) in [6, 6.07) is 0. The molecule has 0 aliphatic heterocycles. The number of ether oxygens (including phenoxy) is 2. The van der Waals surface area contributed by atoms with E-state index in [1.54, 1.807) is 14.0 Å². The highest BCUT2D eigenvalue weighted by Gasteiger charge is 2.47. The molecule has 98 valence electrons. The summed E-state index contributed by atoms with van der Waals surface area (Å²) in [5, 5.41) is 0. The first-order valence-corrected chi connectivity index (χ1v) is 6.35. The van der Waals surface area contributed by atoms with Gasteiger partial charge in [0.1, 0.15) is 5.60 Å². The van der Waals surface area contributed by atoms with Crippen LogP contribution in [0.15, 0.2) is 12.2 Å². The number of hydrogen-bond acceptors (Lipinski definition) is 3. The molecule has 0 spiro atoms. The highest BCUT2D eigenvalue weighted by molar-refractivity contribution is 5.87. The van der Waals surface area contributed by atoms with E-state index in [2.05, 4.69) is 20.4 Å². The van der Waals surface area contributed by atoms with Gasteiger partial charge in [-0.2, -0.15) is 0 Å². The van der Waals surface area contributed by atoms with Crippen molar-refractivity contribution in [3.05, 3.63) is 12.2 Å². The summed E-state index contributed by atoms with van der Waals surface area (Å²) in [5.41, 5.74) is -0.0336. The maximum atomic E-state index is 11.8. The van der Waals surface area contributed by atoms with E-state index < -0.39 is 5.60 Å². The standard InChI is InChI=1S/C14H24O3/c1-10(2)13(15)17-14(11(3)4)9-7-6-8-12(14)16-5/h11-12H,1,6-9H2,2-5H3. The lowest BCUT2D eigenvalue weighted by Crippen LogP contribution is -2.53.